The minimum Gasteiger partial charge on any atom is -0.338 e. The van der Waals surface area contributed by atoms with Crippen LogP contribution in [0.2, 0.25) is 5.02 Å². The summed E-state index contributed by atoms with van der Waals surface area (Å²) in [5, 5.41) is 5.96. The van der Waals surface area contributed by atoms with E-state index in [2.05, 4.69) is 15.5 Å². The van der Waals surface area contributed by atoms with Crippen LogP contribution in [-0.4, -0.2) is 34.5 Å². The van der Waals surface area contributed by atoms with Crippen LogP contribution < -0.4 is 5.32 Å². The molecule has 1 aromatic carbocycles. The van der Waals surface area contributed by atoms with Crippen molar-refractivity contribution in [2.24, 2.45) is 0 Å². The van der Waals surface area contributed by atoms with Gasteiger partial charge in [-0.15, -0.1) is 0 Å². The van der Waals surface area contributed by atoms with Crippen molar-refractivity contribution in [3.63, 3.8) is 0 Å². The molecule has 1 amide bonds. The Labute approximate surface area is 166 Å². The molecule has 10 heteroatoms. The third-order valence-electron chi connectivity index (χ3n) is 4.08. The number of carbonyl (C=O) groups is 1. The molecule has 2 rings (SSSR count). The molecule has 154 valence electrons. The van der Waals surface area contributed by atoms with Crippen LogP contribution in [0.3, 0.4) is 0 Å². The lowest BCUT2D eigenvalue weighted by atomic mass is 9.96. The molecule has 28 heavy (non-hydrogen) atoms. The molecule has 0 saturated carbocycles. The summed E-state index contributed by atoms with van der Waals surface area (Å²) in [5.74, 6) is 0.416. The molecule has 0 aliphatic heterocycles. The number of carbonyl (C=O) groups excluding carboxylic acids is 1. The van der Waals surface area contributed by atoms with Gasteiger partial charge in [0.2, 0.25) is 11.8 Å². The van der Waals surface area contributed by atoms with Crippen LogP contribution in [0.4, 0.5) is 18.9 Å². The van der Waals surface area contributed by atoms with Crippen molar-refractivity contribution in [2.75, 3.05) is 18.9 Å². The highest BCUT2D eigenvalue weighted by molar-refractivity contribution is 6.31. The molecule has 1 atom stereocenters. The first-order valence-corrected chi connectivity index (χ1v) is 8.87. The van der Waals surface area contributed by atoms with E-state index in [1.54, 1.807) is 18.9 Å². The molecular weight excluding hydrogens is 397 g/mol. The van der Waals surface area contributed by atoms with Gasteiger partial charge < -0.3 is 9.84 Å². The van der Waals surface area contributed by atoms with Gasteiger partial charge in [-0.1, -0.05) is 37.5 Å². The monoisotopic (exact) mass is 418 g/mol. The number of hydrogen-bond acceptors (Lipinski definition) is 5. The minimum atomic E-state index is -4.61. The summed E-state index contributed by atoms with van der Waals surface area (Å²) in [6.45, 7) is 7.55. The summed E-state index contributed by atoms with van der Waals surface area (Å²) < 4.78 is 44.0. The van der Waals surface area contributed by atoms with E-state index in [1.165, 1.54) is 6.07 Å². The van der Waals surface area contributed by atoms with Crippen LogP contribution in [0, 0.1) is 0 Å². The predicted octanol–water partition coefficient (Wildman–Crippen LogP) is 4.67. The van der Waals surface area contributed by atoms with Gasteiger partial charge in [0.05, 0.1) is 23.2 Å². The van der Waals surface area contributed by atoms with Gasteiger partial charge in [-0.2, -0.15) is 18.2 Å². The molecule has 1 heterocycles. The molecule has 0 bridgehead atoms. The second-order valence-electron chi connectivity index (χ2n) is 7.54. The van der Waals surface area contributed by atoms with Crippen LogP contribution in [0.15, 0.2) is 22.7 Å². The summed E-state index contributed by atoms with van der Waals surface area (Å²) in [4.78, 5) is 18.2. The Balaban J connectivity index is 2.04. The van der Waals surface area contributed by atoms with E-state index in [9.17, 15) is 18.0 Å². The maximum absolute atomic E-state index is 12.9. The number of benzene rings is 1. The van der Waals surface area contributed by atoms with Crippen molar-refractivity contribution in [1.29, 1.82) is 0 Å². The normalized spacial score (nSPS) is 13.6. The molecule has 0 aliphatic rings. The maximum atomic E-state index is 12.9. The van der Waals surface area contributed by atoms with E-state index in [0.717, 1.165) is 12.1 Å². The Morgan fingerprint density at radius 2 is 1.96 bits per heavy atom. The number of hydrogen-bond donors (Lipinski definition) is 1. The first-order chi connectivity index (χ1) is 12.8. The van der Waals surface area contributed by atoms with E-state index in [-0.39, 0.29) is 23.7 Å². The Kier molecular flexibility index (Phi) is 6.40. The Bertz CT molecular complexity index is 846. The fourth-order valence-corrected chi connectivity index (χ4v) is 2.51. The smallest absolute Gasteiger partial charge is 0.338 e. The average Bonchev–Trinajstić information content (AvgIpc) is 3.05. The molecule has 1 N–H and O–H groups in total. The zero-order chi connectivity index (χ0) is 21.3. The molecule has 0 fully saturated rings. The fourth-order valence-electron chi connectivity index (χ4n) is 2.28. The Hall–Kier alpha value is -2.13. The van der Waals surface area contributed by atoms with Gasteiger partial charge >= 0.3 is 6.18 Å². The average molecular weight is 419 g/mol. The fraction of sp³-hybridized carbons (Fsp3) is 0.500. The standard InChI is InChI=1S/C18H22ClF3N4O2/c1-10(15-24-16(25-28-15)17(2,3)4)26(5)9-14(27)23-11-6-7-13(19)12(8-11)18(20,21)22/h6-8,10H,9H2,1-5H3,(H,23,27). The van der Waals surface area contributed by atoms with Crippen LogP contribution in [-0.2, 0) is 16.4 Å². The molecule has 1 unspecified atom stereocenters. The second kappa shape index (κ2) is 8.08. The van der Waals surface area contributed by atoms with Crippen LogP contribution in [0.5, 0.6) is 0 Å². The lowest BCUT2D eigenvalue weighted by Gasteiger charge is -2.21. The number of likely N-dealkylation sites (N-methyl/N-ethyl adjacent to an activating group) is 1. The number of halogens is 4. The van der Waals surface area contributed by atoms with E-state index in [4.69, 9.17) is 16.1 Å². The number of rotatable bonds is 5. The second-order valence-corrected chi connectivity index (χ2v) is 7.95. The van der Waals surface area contributed by atoms with E-state index >= 15 is 0 Å². The third kappa shape index (κ3) is 5.45. The summed E-state index contributed by atoms with van der Waals surface area (Å²) in [7, 11) is 1.67. The van der Waals surface area contributed by atoms with Crippen LogP contribution in [0.1, 0.15) is 51.0 Å². The van der Waals surface area contributed by atoms with Gasteiger partial charge in [0, 0.05) is 11.1 Å². The number of nitrogens with zero attached hydrogens (tertiary/aromatic N) is 3. The van der Waals surface area contributed by atoms with Crippen LogP contribution >= 0.6 is 11.6 Å². The van der Waals surface area contributed by atoms with Crippen molar-refractivity contribution in [3.05, 3.63) is 40.5 Å². The zero-order valence-corrected chi connectivity index (χ0v) is 16.9. The van der Waals surface area contributed by atoms with Crippen molar-refractivity contribution >= 4 is 23.2 Å². The number of amides is 1. The zero-order valence-electron chi connectivity index (χ0n) is 16.2. The van der Waals surface area contributed by atoms with Gasteiger partial charge in [-0.3, -0.25) is 9.69 Å². The summed E-state index contributed by atoms with van der Waals surface area (Å²) in [6, 6.07) is 2.85. The van der Waals surface area contributed by atoms with Gasteiger partial charge in [0.25, 0.3) is 0 Å². The molecule has 0 saturated heterocycles. The molecule has 0 aliphatic carbocycles. The SMILES string of the molecule is CC(c1nc(C(C)(C)C)no1)N(C)CC(=O)Nc1ccc(Cl)c(C(F)(F)F)c1. The van der Waals surface area contributed by atoms with Crippen molar-refractivity contribution in [1.82, 2.24) is 15.0 Å². The molecular formula is C18H22ClF3N4O2. The van der Waals surface area contributed by atoms with Crippen LogP contribution in [0.25, 0.3) is 0 Å². The first kappa shape index (κ1) is 22.2. The Morgan fingerprint density at radius 3 is 2.50 bits per heavy atom. The minimum absolute atomic E-state index is 0.00980. The van der Waals surface area contributed by atoms with Crippen molar-refractivity contribution < 1.29 is 22.5 Å². The van der Waals surface area contributed by atoms with Gasteiger partial charge in [-0.05, 0) is 32.2 Å². The van der Waals surface area contributed by atoms with Crippen molar-refractivity contribution in [3.8, 4) is 0 Å². The predicted molar refractivity (Wildman–Crippen MR) is 99.1 cm³/mol. The molecule has 1 aromatic heterocycles. The first-order valence-electron chi connectivity index (χ1n) is 8.50. The van der Waals surface area contributed by atoms with Gasteiger partial charge in [0.1, 0.15) is 0 Å². The van der Waals surface area contributed by atoms with Crippen molar-refractivity contribution in [2.45, 2.75) is 45.3 Å². The highest BCUT2D eigenvalue weighted by atomic mass is 35.5. The highest BCUT2D eigenvalue weighted by Crippen LogP contribution is 2.36. The lowest BCUT2D eigenvalue weighted by molar-refractivity contribution is -0.137. The quantitative estimate of drug-likeness (QED) is 0.763. The van der Waals surface area contributed by atoms with E-state index < -0.39 is 22.7 Å². The van der Waals surface area contributed by atoms with Gasteiger partial charge in [-0.25, -0.2) is 0 Å². The highest BCUT2D eigenvalue weighted by Gasteiger charge is 2.33. The topological polar surface area (TPSA) is 71.3 Å². The number of aromatic nitrogens is 2. The number of nitrogens with one attached hydrogen (secondary N) is 1. The van der Waals surface area contributed by atoms with Gasteiger partial charge in [0.15, 0.2) is 5.82 Å². The Morgan fingerprint density at radius 1 is 1.32 bits per heavy atom. The lowest BCUT2D eigenvalue weighted by Crippen LogP contribution is -2.32. The summed E-state index contributed by atoms with van der Waals surface area (Å²) >= 11 is 5.58. The largest absolute Gasteiger partial charge is 0.417 e. The maximum Gasteiger partial charge on any atom is 0.417 e. The van der Waals surface area contributed by atoms with E-state index in [0.29, 0.717) is 11.7 Å². The van der Waals surface area contributed by atoms with E-state index in [1.807, 2.05) is 20.8 Å². The molecule has 0 spiro atoms. The number of anilines is 1. The summed E-state index contributed by atoms with van der Waals surface area (Å²) in [5.41, 5.74) is -1.27. The third-order valence-corrected chi connectivity index (χ3v) is 4.41. The molecule has 0 radical (unpaired) electrons. The molecule has 6 nitrogen and oxygen atoms in total. The summed E-state index contributed by atoms with van der Waals surface area (Å²) in [6.07, 6.45) is -4.61. The molecule has 2 aromatic rings. The number of alkyl halides is 3.